The van der Waals surface area contributed by atoms with Crippen LogP contribution in [0.5, 0.6) is 0 Å². The SMILES string of the molecule is NCCCc1cc2ccccc2nc1N1CCCCC1. The van der Waals surface area contributed by atoms with Crippen LogP contribution >= 0.6 is 0 Å². The fourth-order valence-corrected chi connectivity index (χ4v) is 3.01. The molecule has 0 bridgehead atoms. The van der Waals surface area contributed by atoms with Crippen molar-refractivity contribution in [3.05, 3.63) is 35.9 Å². The van der Waals surface area contributed by atoms with E-state index in [-0.39, 0.29) is 0 Å². The van der Waals surface area contributed by atoms with Gasteiger partial charge in [-0.05, 0) is 56.3 Å². The van der Waals surface area contributed by atoms with Gasteiger partial charge in [-0.1, -0.05) is 18.2 Å². The molecule has 0 amide bonds. The minimum Gasteiger partial charge on any atom is -0.356 e. The summed E-state index contributed by atoms with van der Waals surface area (Å²) in [6.45, 7) is 3.02. The van der Waals surface area contributed by atoms with Crippen LogP contribution in [0.25, 0.3) is 10.9 Å². The molecular formula is C17H23N3. The van der Waals surface area contributed by atoms with Crippen LogP contribution in [-0.4, -0.2) is 24.6 Å². The van der Waals surface area contributed by atoms with Crippen LogP contribution in [0.3, 0.4) is 0 Å². The van der Waals surface area contributed by atoms with E-state index in [1.54, 1.807) is 0 Å². The number of hydrogen-bond acceptors (Lipinski definition) is 3. The predicted octanol–water partition coefficient (Wildman–Crippen LogP) is 3.12. The normalized spacial score (nSPS) is 15.8. The van der Waals surface area contributed by atoms with Gasteiger partial charge in [0.15, 0.2) is 0 Å². The standard InChI is InChI=1S/C17H23N3/c18-10-6-8-15-13-14-7-2-3-9-16(14)19-17(15)20-11-4-1-5-12-20/h2-3,7,9,13H,1,4-6,8,10-12,18H2. The van der Waals surface area contributed by atoms with Crippen molar-refractivity contribution in [1.29, 1.82) is 0 Å². The maximum absolute atomic E-state index is 5.68. The Balaban J connectivity index is 2.01. The molecule has 1 aromatic carbocycles. The number of fused-ring (bicyclic) bond motifs is 1. The van der Waals surface area contributed by atoms with Crippen LogP contribution in [-0.2, 0) is 6.42 Å². The van der Waals surface area contributed by atoms with Gasteiger partial charge in [0, 0.05) is 18.5 Å². The van der Waals surface area contributed by atoms with Gasteiger partial charge in [0.25, 0.3) is 0 Å². The van der Waals surface area contributed by atoms with Gasteiger partial charge in [-0.2, -0.15) is 0 Å². The lowest BCUT2D eigenvalue weighted by atomic mass is 10.0. The van der Waals surface area contributed by atoms with Crippen LogP contribution in [0.1, 0.15) is 31.2 Å². The Morgan fingerprint density at radius 1 is 1.10 bits per heavy atom. The van der Waals surface area contributed by atoms with E-state index < -0.39 is 0 Å². The Labute approximate surface area is 120 Å². The largest absolute Gasteiger partial charge is 0.356 e. The molecule has 1 fully saturated rings. The molecule has 0 atom stereocenters. The average molecular weight is 269 g/mol. The van der Waals surface area contributed by atoms with Crippen molar-refractivity contribution in [2.45, 2.75) is 32.1 Å². The summed E-state index contributed by atoms with van der Waals surface area (Å²) in [5.74, 6) is 1.19. The summed E-state index contributed by atoms with van der Waals surface area (Å²) in [7, 11) is 0. The van der Waals surface area contributed by atoms with Crippen molar-refractivity contribution in [2.75, 3.05) is 24.5 Å². The maximum Gasteiger partial charge on any atom is 0.132 e. The fourth-order valence-electron chi connectivity index (χ4n) is 3.01. The molecule has 2 heterocycles. The summed E-state index contributed by atoms with van der Waals surface area (Å²) in [5, 5.41) is 1.24. The first kappa shape index (κ1) is 13.4. The van der Waals surface area contributed by atoms with Crippen LogP contribution < -0.4 is 10.6 Å². The van der Waals surface area contributed by atoms with E-state index in [4.69, 9.17) is 10.7 Å². The van der Waals surface area contributed by atoms with Crippen molar-refractivity contribution in [2.24, 2.45) is 5.73 Å². The van der Waals surface area contributed by atoms with Gasteiger partial charge in [0.1, 0.15) is 5.82 Å². The minimum absolute atomic E-state index is 0.742. The second kappa shape index (κ2) is 6.23. The third-order valence-electron chi connectivity index (χ3n) is 4.09. The topological polar surface area (TPSA) is 42.1 Å². The van der Waals surface area contributed by atoms with Crippen LogP contribution in [0, 0.1) is 0 Å². The molecule has 2 aromatic rings. The third kappa shape index (κ3) is 2.78. The molecule has 3 nitrogen and oxygen atoms in total. The molecule has 1 aliphatic heterocycles. The highest BCUT2D eigenvalue weighted by molar-refractivity contribution is 5.81. The lowest BCUT2D eigenvalue weighted by Crippen LogP contribution is -2.31. The van der Waals surface area contributed by atoms with Gasteiger partial charge in [-0.15, -0.1) is 0 Å². The zero-order valence-electron chi connectivity index (χ0n) is 12.0. The third-order valence-corrected chi connectivity index (χ3v) is 4.09. The molecule has 20 heavy (non-hydrogen) atoms. The first-order valence-electron chi connectivity index (χ1n) is 7.72. The van der Waals surface area contributed by atoms with Gasteiger partial charge < -0.3 is 10.6 Å². The van der Waals surface area contributed by atoms with Gasteiger partial charge in [-0.25, -0.2) is 4.98 Å². The van der Waals surface area contributed by atoms with Crippen LogP contribution in [0.15, 0.2) is 30.3 Å². The number of nitrogens with two attached hydrogens (primary N) is 1. The van der Waals surface area contributed by atoms with E-state index in [1.807, 2.05) is 0 Å². The number of rotatable bonds is 4. The fraction of sp³-hybridized carbons (Fsp3) is 0.471. The molecular weight excluding hydrogens is 246 g/mol. The quantitative estimate of drug-likeness (QED) is 0.927. The number of aryl methyl sites for hydroxylation is 1. The van der Waals surface area contributed by atoms with Crippen molar-refractivity contribution < 1.29 is 0 Å². The molecule has 2 N–H and O–H groups in total. The summed E-state index contributed by atoms with van der Waals surface area (Å²) in [4.78, 5) is 7.40. The Hall–Kier alpha value is -1.61. The predicted molar refractivity (Wildman–Crippen MR) is 85.2 cm³/mol. The molecule has 0 radical (unpaired) electrons. The number of pyridine rings is 1. The summed E-state index contributed by atoms with van der Waals surface area (Å²) in [5.41, 5.74) is 8.14. The second-order valence-corrected chi connectivity index (χ2v) is 5.60. The summed E-state index contributed by atoms with van der Waals surface area (Å²) >= 11 is 0. The van der Waals surface area contributed by atoms with Crippen LogP contribution in [0.2, 0.25) is 0 Å². The summed E-state index contributed by atoms with van der Waals surface area (Å²) < 4.78 is 0. The zero-order chi connectivity index (χ0) is 13.8. The zero-order valence-corrected chi connectivity index (χ0v) is 12.0. The number of aromatic nitrogens is 1. The molecule has 3 heteroatoms. The van der Waals surface area contributed by atoms with Crippen molar-refractivity contribution in [3.8, 4) is 0 Å². The first-order chi connectivity index (χ1) is 9.88. The summed E-state index contributed by atoms with van der Waals surface area (Å²) in [6, 6.07) is 10.7. The molecule has 0 unspecified atom stereocenters. The number of para-hydroxylation sites is 1. The molecule has 1 aliphatic rings. The van der Waals surface area contributed by atoms with Crippen molar-refractivity contribution in [1.82, 2.24) is 4.98 Å². The average Bonchev–Trinajstić information content (AvgIpc) is 2.53. The van der Waals surface area contributed by atoms with Gasteiger partial charge >= 0.3 is 0 Å². The van der Waals surface area contributed by atoms with E-state index in [9.17, 15) is 0 Å². The highest BCUT2D eigenvalue weighted by Gasteiger charge is 2.16. The molecule has 106 valence electrons. The molecule has 0 saturated carbocycles. The lowest BCUT2D eigenvalue weighted by Gasteiger charge is -2.29. The Morgan fingerprint density at radius 3 is 2.70 bits per heavy atom. The smallest absolute Gasteiger partial charge is 0.132 e. The second-order valence-electron chi connectivity index (χ2n) is 5.60. The van der Waals surface area contributed by atoms with Crippen molar-refractivity contribution >= 4 is 16.7 Å². The van der Waals surface area contributed by atoms with Gasteiger partial charge in [0.05, 0.1) is 5.52 Å². The van der Waals surface area contributed by atoms with Gasteiger partial charge in [0.2, 0.25) is 0 Å². The molecule has 3 rings (SSSR count). The maximum atomic E-state index is 5.68. The number of benzene rings is 1. The molecule has 1 aromatic heterocycles. The Kier molecular flexibility index (Phi) is 4.16. The molecule has 1 saturated heterocycles. The summed E-state index contributed by atoms with van der Waals surface area (Å²) in [6.07, 6.45) is 5.97. The number of piperidine rings is 1. The van der Waals surface area contributed by atoms with E-state index >= 15 is 0 Å². The Morgan fingerprint density at radius 2 is 1.90 bits per heavy atom. The Bertz CT molecular complexity index is 573. The van der Waals surface area contributed by atoms with Crippen LogP contribution in [0.4, 0.5) is 5.82 Å². The molecule has 0 spiro atoms. The number of hydrogen-bond donors (Lipinski definition) is 1. The number of anilines is 1. The van der Waals surface area contributed by atoms with Gasteiger partial charge in [-0.3, -0.25) is 0 Å². The minimum atomic E-state index is 0.742. The molecule has 0 aliphatic carbocycles. The highest BCUT2D eigenvalue weighted by Crippen LogP contribution is 2.27. The lowest BCUT2D eigenvalue weighted by molar-refractivity contribution is 0.572. The highest BCUT2D eigenvalue weighted by atomic mass is 15.2. The first-order valence-corrected chi connectivity index (χ1v) is 7.72. The van der Waals surface area contributed by atoms with E-state index in [0.717, 1.165) is 38.0 Å². The number of nitrogens with zero attached hydrogens (tertiary/aromatic N) is 2. The van der Waals surface area contributed by atoms with E-state index in [1.165, 1.54) is 36.0 Å². The van der Waals surface area contributed by atoms with Crippen molar-refractivity contribution in [3.63, 3.8) is 0 Å². The monoisotopic (exact) mass is 269 g/mol. The van der Waals surface area contributed by atoms with E-state index in [2.05, 4.69) is 35.2 Å². The van der Waals surface area contributed by atoms with E-state index in [0.29, 0.717) is 0 Å².